The molecule has 2 rings (SSSR count). The summed E-state index contributed by atoms with van der Waals surface area (Å²) in [5.74, 6) is 0. The highest BCUT2D eigenvalue weighted by molar-refractivity contribution is 9.10. The Kier molecular flexibility index (Phi) is 3.01. The third-order valence-corrected chi connectivity index (χ3v) is 3.52. The number of hydrogen-bond acceptors (Lipinski definition) is 0. The van der Waals surface area contributed by atoms with Gasteiger partial charge in [-0.3, -0.25) is 0 Å². The van der Waals surface area contributed by atoms with Crippen molar-refractivity contribution in [2.75, 3.05) is 0 Å². The average molecular weight is 265 g/mol. The normalized spacial score (nSPS) is 19.8. The highest BCUT2D eigenvalue weighted by Gasteiger charge is 2.20. The Morgan fingerprint density at radius 2 is 2.07 bits per heavy atom. The van der Waals surface area contributed by atoms with E-state index >= 15 is 0 Å². The molecule has 15 heavy (non-hydrogen) atoms. The van der Waals surface area contributed by atoms with Crippen LogP contribution < -0.4 is 0 Å². The molecule has 0 unspecified atom stereocenters. The van der Waals surface area contributed by atoms with Gasteiger partial charge in [-0.25, -0.2) is 0 Å². The van der Waals surface area contributed by atoms with E-state index in [1.54, 1.807) is 0 Å². The van der Waals surface area contributed by atoms with Crippen LogP contribution in [0.15, 0.2) is 34.8 Å². The fourth-order valence-electron chi connectivity index (χ4n) is 2.27. The van der Waals surface area contributed by atoms with Gasteiger partial charge in [0.15, 0.2) is 0 Å². The lowest BCUT2D eigenvalue weighted by molar-refractivity contribution is 0.411. The zero-order valence-electron chi connectivity index (χ0n) is 9.39. The van der Waals surface area contributed by atoms with E-state index in [9.17, 15) is 0 Å². The molecular weight excluding hydrogens is 248 g/mol. The Balaban J connectivity index is 2.35. The second-order valence-electron chi connectivity index (χ2n) is 5.02. The molecular formula is C14H17Br. The Morgan fingerprint density at radius 1 is 1.27 bits per heavy atom. The van der Waals surface area contributed by atoms with Gasteiger partial charge in [0, 0.05) is 4.47 Å². The maximum absolute atomic E-state index is 3.53. The monoisotopic (exact) mass is 264 g/mol. The van der Waals surface area contributed by atoms with Gasteiger partial charge in [-0.2, -0.15) is 0 Å². The van der Waals surface area contributed by atoms with Crippen molar-refractivity contribution < 1.29 is 0 Å². The molecule has 1 aliphatic rings. The highest BCUT2D eigenvalue weighted by atomic mass is 79.9. The lowest BCUT2D eigenvalue weighted by atomic mass is 9.78. The maximum Gasteiger partial charge on any atom is 0.0181 e. The van der Waals surface area contributed by atoms with Crippen molar-refractivity contribution in [1.29, 1.82) is 0 Å². The Hall–Kier alpha value is -0.560. The number of rotatable bonds is 1. The van der Waals surface area contributed by atoms with Gasteiger partial charge in [-0.05, 0) is 47.9 Å². The molecule has 0 saturated heterocycles. The van der Waals surface area contributed by atoms with E-state index in [0.717, 1.165) is 0 Å². The van der Waals surface area contributed by atoms with Gasteiger partial charge in [0.1, 0.15) is 0 Å². The van der Waals surface area contributed by atoms with Crippen molar-refractivity contribution in [2.24, 2.45) is 5.41 Å². The molecule has 0 bridgehead atoms. The highest BCUT2D eigenvalue weighted by Crippen LogP contribution is 2.37. The predicted molar refractivity (Wildman–Crippen MR) is 69.8 cm³/mol. The van der Waals surface area contributed by atoms with Crippen molar-refractivity contribution in [2.45, 2.75) is 33.1 Å². The topological polar surface area (TPSA) is 0 Å². The number of hydrogen-bond donors (Lipinski definition) is 0. The maximum atomic E-state index is 3.53. The van der Waals surface area contributed by atoms with Gasteiger partial charge in [0.05, 0.1) is 0 Å². The minimum atomic E-state index is 0.371. The van der Waals surface area contributed by atoms with Crippen LogP contribution >= 0.6 is 15.9 Å². The van der Waals surface area contributed by atoms with Gasteiger partial charge >= 0.3 is 0 Å². The molecule has 0 aromatic heterocycles. The lowest BCUT2D eigenvalue weighted by Crippen LogP contribution is -2.12. The largest absolute Gasteiger partial charge is 0.0750 e. The van der Waals surface area contributed by atoms with Crippen molar-refractivity contribution in [1.82, 2.24) is 0 Å². The zero-order chi connectivity index (χ0) is 10.9. The first-order valence-corrected chi connectivity index (χ1v) is 6.34. The Morgan fingerprint density at radius 3 is 2.73 bits per heavy atom. The summed E-state index contributed by atoms with van der Waals surface area (Å²) in [6, 6.07) is 8.62. The third-order valence-electron chi connectivity index (χ3n) is 3.03. The summed E-state index contributed by atoms with van der Waals surface area (Å²) in [6.45, 7) is 4.65. The molecule has 0 heterocycles. The summed E-state index contributed by atoms with van der Waals surface area (Å²) in [7, 11) is 0. The molecule has 0 nitrogen and oxygen atoms in total. The Labute approximate surface area is 101 Å². The van der Waals surface area contributed by atoms with Crippen LogP contribution in [0.25, 0.3) is 5.57 Å². The van der Waals surface area contributed by atoms with Gasteiger partial charge in [-0.1, -0.05) is 48.0 Å². The minimum absolute atomic E-state index is 0.371. The summed E-state index contributed by atoms with van der Waals surface area (Å²) >= 11 is 3.53. The number of halogens is 1. The molecule has 0 fully saturated rings. The van der Waals surface area contributed by atoms with E-state index in [0.29, 0.717) is 5.41 Å². The molecule has 0 amide bonds. The van der Waals surface area contributed by atoms with Gasteiger partial charge in [0.25, 0.3) is 0 Å². The van der Waals surface area contributed by atoms with Gasteiger partial charge in [-0.15, -0.1) is 0 Å². The van der Waals surface area contributed by atoms with Crippen LogP contribution in [0.2, 0.25) is 0 Å². The molecule has 0 aliphatic heterocycles. The summed E-state index contributed by atoms with van der Waals surface area (Å²) in [5, 5.41) is 0. The van der Waals surface area contributed by atoms with E-state index in [-0.39, 0.29) is 0 Å². The van der Waals surface area contributed by atoms with Crippen molar-refractivity contribution >= 4 is 21.5 Å². The first-order valence-electron chi connectivity index (χ1n) is 5.54. The van der Waals surface area contributed by atoms with E-state index < -0.39 is 0 Å². The molecule has 80 valence electrons. The standard InChI is InChI=1S/C14H17Br/c1-14(2)8-4-6-12(10-14)11-5-3-7-13(15)9-11/h3,5,7,9-10H,4,6,8H2,1-2H3. The van der Waals surface area contributed by atoms with E-state index in [1.165, 1.54) is 34.9 Å². The van der Waals surface area contributed by atoms with Crippen LogP contribution in [-0.2, 0) is 0 Å². The van der Waals surface area contributed by atoms with Crippen molar-refractivity contribution in [3.05, 3.63) is 40.4 Å². The predicted octanol–water partition coefficient (Wildman–Crippen LogP) is 5.04. The van der Waals surface area contributed by atoms with Gasteiger partial charge < -0.3 is 0 Å². The molecule has 1 aromatic rings. The van der Waals surface area contributed by atoms with Crippen molar-refractivity contribution in [3.8, 4) is 0 Å². The summed E-state index contributed by atoms with van der Waals surface area (Å²) in [6.07, 6.45) is 6.29. The van der Waals surface area contributed by atoms with Crippen LogP contribution in [0.3, 0.4) is 0 Å². The van der Waals surface area contributed by atoms with E-state index in [1.807, 2.05) is 0 Å². The first kappa shape index (κ1) is 10.9. The number of benzene rings is 1. The quantitative estimate of drug-likeness (QED) is 0.667. The molecule has 1 aliphatic carbocycles. The molecule has 0 saturated carbocycles. The van der Waals surface area contributed by atoms with Crippen LogP contribution in [0.5, 0.6) is 0 Å². The van der Waals surface area contributed by atoms with Crippen molar-refractivity contribution in [3.63, 3.8) is 0 Å². The van der Waals surface area contributed by atoms with Crippen LogP contribution in [0, 0.1) is 5.41 Å². The smallest absolute Gasteiger partial charge is 0.0181 e. The van der Waals surface area contributed by atoms with E-state index in [2.05, 4.69) is 60.1 Å². The third kappa shape index (κ3) is 2.72. The SMILES string of the molecule is CC1(C)C=C(c2cccc(Br)c2)CCC1. The van der Waals surface area contributed by atoms with Crippen LogP contribution in [-0.4, -0.2) is 0 Å². The van der Waals surface area contributed by atoms with E-state index in [4.69, 9.17) is 0 Å². The molecule has 1 heteroatoms. The fraction of sp³-hybridized carbons (Fsp3) is 0.429. The van der Waals surface area contributed by atoms with Crippen LogP contribution in [0.4, 0.5) is 0 Å². The molecule has 0 atom stereocenters. The second-order valence-corrected chi connectivity index (χ2v) is 5.94. The Bertz CT molecular complexity index is 388. The summed E-state index contributed by atoms with van der Waals surface area (Å²) in [5.41, 5.74) is 3.25. The molecule has 0 N–H and O–H groups in total. The zero-order valence-corrected chi connectivity index (χ0v) is 11.0. The minimum Gasteiger partial charge on any atom is -0.0750 e. The summed E-state index contributed by atoms with van der Waals surface area (Å²) in [4.78, 5) is 0. The number of allylic oxidation sites excluding steroid dienone is 2. The first-order chi connectivity index (χ1) is 7.07. The molecule has 1 aromatic carbocycles. The fourth-order valence-corrected chi connectivity index (χ4v) is 2.67. The molecule has 0 radical (unpaired) electrons. The van der Waals surface area contributed by atoms with Crippen LogP contribution in [0.1, 0.15) is 38.7 Å². The average Bonchev–Trinajstić information content (AvgIpc) is 2.16. The lowest BCUT2D eigenvalue weighted by Gasteiger charge is -2.27. The van der Waals surface area contributed by atoms with Gasteiger partial charge in [0.2, 0.25) is 0 Å². The summed E-state index contributed by atoms with van der Waals surface area (Å²) < 4.78 is 1.17. The molecule has 0 spiro atoms. The second kappa shape index (κ2) is 4.13.